The first-order valence-electron chi connectivity index (χ1n) is 7.76. The lowest BCUT2D eigenvalue weighted by Gasteiger charge is -2.41. The summed E-state index contributed by atoms with van der Waals surface area (Å²) in [5, 5.41) is 0. The number of hydrogen-bond donors (Lipinski definition) is 0. The van der Waals surface area contributed by atoms with E-state index in [2.05, 4.69) is 5.92 Å². The van der Waals surface area contributed by atoms with Crippen LogP contribution in [0.2, 0.25) is 0 Å². The summed E-state index contributed by atoms with van der Waals surface area (Å²) in [7, 11) is 1.62. The number of rotatable bonds is 2. The number of hydrogen-bond acceptors (Lipinski definition) is 2. The number of carbonyl (C=O) groups excluding carboxylic acids is 1. The van der Waals surface area contributed by atoms with E-state index in [1.807, 2.05) is 25.1 Å². The topological polar surface area (TPSA) is 29.5 Å². The Labute approximate surface area is 141 Å². The summed E-state index contributed by atoms with van der Waals surface area (Å²) in [6.07, 6.45) is 6.07. The van der Waals surface area contributed by atoms with Gasteiger partial charge in [0.05, 0.1) is 13.2 Å². The second-order valence-electron chi connectivity index (χ2n) is 5.93. The molecule has 0 fully saturated rings. The van der Waals surface area contributed by atoms with E-state index in [0.717, 1.165) is 22.4 Å². The van der Waals surface area contributed by atoms with Gasteiger partial charge < -0.3 is 9.64 Å². The summed E-state index contributed by atoms with van der Waals surface area (Å²) in [5.41, 5.74) is 2.93. The molecular formula is C20H18FNO2. The van der Waals surface area contributed by atoms with Crippen LogP contribution in [0.4, 0.5) is 4.39 Å². The molecule has 3 rings (SSSR count). The molecule has 0 N–H and O–H groups in total. The summed E-state index contributed by atoms with van der Waals surface area (Å²) in [6, 6.07) is 11.6. The maximum absolute atomic E-state index is 13.3. The highest BCUT2D eigenvalue weighted by Gasteiger charge is 2.35. The van der Waals surface area contributed by atoms with E-state index in [0.29, 0.717) is 6.42 Å². The van der Waals surface area contributed by atoms with Crippen LogP contribution in [0.3, 0.4) is 0 Å². The fraction of sp³-hybridized carbons (Fsp3) is 0.250. The fourth-order valence-electron chi connectivity index (χ4n) is 3.35. The number of fused-ring (bicyclic) bond motifs is 1. The molecule has 0 unspecified atom stereocenters. The highest BCUT2D eigenvalue weighted by atomic mass is 19.1. The van der Waals surface area contributed by atoms with Crippen molar-refractivity contribution in [1.82, 2.24) is 4.90 Å². The van der Waals surface area contributed by atoms with Gasteiger partial charge in [-0.15, -0.1) is 6.42 Å². The van der Waals surface area contributed by atoms with E-state index in [9.17, 15) is 9.18 Å². The molecule has 0 spiro atoms. The number of methoxy groups -OCH3 is 1. The van der Waals surface area contributed by atoms with Crippen molar-refractivity contribution in [3.63, 3.8) is 0 Å². The Morgan fingerprint density at radius 3 is 2.62 bits per heavy atom. The highest BCUT2D eigenvalue weighted by Crippen LogP contribution is 2.39. The number of ether oxygens (including phenoxy) is 1. The predicted octanol–water partition coefficient (Wildman–Crippen LogP) is 3.33. The SMILES string of the molecule is C#CC(=O)N1[C@@H](c2ccc(F)cc2)c2ccc(OC)cc2C[C@@H]1C. The van der Waals surface area contributed by atoms with E-state index < -0.39 is 0 Å². The molecule has 122 valence electrons. The maximum Gasteiger partial charge on any atom is 0.299 e. The summed E-state index contributed by atoms with van der Waals surface area (Å²) >= 11 is 0. The molecular weight excluding hydrogens is 305 g/mol. The molecule has 1 aliphatic heterocycles. The Morgan fingerprint density at radius 1 is 1.29 bits per heavy atom. The molecule has 0 bridgehead atoms. The number of benzene rings is 2. The van der Waals surface area contributed by atoms with Crippen LogP contribution >= 0.6 is 0 Å². The minimum Gasteiger partial charge on any atom is -0.497 e. The monoisotopic (exact) mass is 323 g/mol. The van der Waals surface area contributed by atoms with Crippen molar-refractivity contribution in [3.05, 3.63) is 65.0 Å². The van der Waals surface area contributed by atoms with Crippen molar-refractivity contribution in [2.75, 3.05) is 7.11 Å². The van der Waals surface area contributed by atoms with Crippen LogP contribution in [0.5, 0.6) is 5.75 Å². The normalized spacial score (nSPS) is 19.3. The van der Waals surface area contributed by atoms with E-state index >= 15 is 0 Å². The first kappa shape index (κ1) is 16.1. The number of halogens is 1. The zero-order chi connectivity index (χ0) is 17.3. The van der Waals surface area contributed by atoms with Gasteiger partial charge in [0.2, 0.25) is 0 Å². The van der Waals surface area contributed by atoms with Crippen molar-refractivity contribution < 1.29 is 13.9 Å². The quantitative estimate of drug-likeness (QED) is 0.794. The van der Waals surface area contributed by atoms with E-state index in [1.165, 1.54) is 12.1 Å². The molecule has 0 saturated carbocycles. The average Bonchev–Trinajstić information content (AvgIpc) is 2.60. The summed E-state index contributed by atoms with van der Waals surface area (Å²) < 4.78 is 18.6. The molecule has 1 amide bonds. The molecule has 24 heavy (non-hydrogen) atoms. The zero-order valence-electron chi connectivity index (χ0n) is 13.6. The van der Waals surface area contributed by atoms with Crippen LogP contribution in [0.25, 0.3) is 0 Å². The van der Waals surface area contributed by atoms with Gasteiger partial charge in [-0.05, 0) is 60.2 Å². The van der Waals surface area contributed by atoms with E-state index in [4.69, 9.17) is 11.2 Å². The van der Waals surface area contributed by atoms with Crippen LogP contribution in [-0.4, -0.2) is 24.0 Å². The molecule has 1 heterocycles. The number of amides is 1. The van der Waals surface area contributed by atoms with Gasteiger partial charge in [-0.3, -0.25) is 4.79 Å². The van der Waals surface area contributed by atoms with Gasteiger partial charge in [0.1, 0.15) is 11.6 Å². The molecule has 2 aromatic rings. The molecule has 0 saturated heterocycles. The molecule has 0 aromatic heterocycles. The minimum absolute atomic E-state index is 0.0665. The summed E-state index contributed by atoms with van der Waals surface area (Å²) in [6.45, 7) is 1.97. The number of terminal acetylenes is 1. The molecule has 3 nitrogen and oxygen atoms in total. The largest absolute Gasteiger partial charge is 0.497 e. The Balaban J connectivity index is 2.17. The average molecular weight is 323 g/mol. The minimum atomic E-state index is -0.363. The number of nitrogens with zero attached hydrogens (tertiary/aromatic N) is 1. The van der Waals surface area contributed by atoms with Gasteiger partial charge in [0.25, 0.3) is 5.91 Å². The fourth-order valence-corrected chi connectivity index (χ4v) is 3.35. The van der Waals surface area contributed by atoms with E-state index in [-0.39, 0.29) is 23.8 Å². The zero-order valence-corrected chi connectivity index (χ0v) is 13.6. The van der Waals surface area contributed by atoms with Crippen molar-refractivity contribution in [3.8, 4) is 18.1 Å². The van der Waals surface area contributed by atoms with Crippen molar-refractivity contribution in [2.45, 2.75) is 25.4 Å². The molecule has 0 radical (unpaired) electrons. The van der Waals surface area contributed by atoms with Crippen LogP contribution in [0.1, 0.15) is 29.7 Å². The number of carbonyl (C=O) groups is 1. The smallest absolute Gasteiger partial charge is 0.299 e. The van der Waals surface area contributed by atoms with Crippen molar-refractivity contribution >= 4 is 5.91 Å². The summed E-state index contributed by atoms with van der Waals surface area (Å²) in [5.74, 6) is 2.32. The third-order valence-corrected chi connectivity index (χ3v) is 4.46. The van der Waals surface area contributed by atoms with Gasteiger partial charge in [-0.1, -0.05) is 18.2 Å². The molecule has 1 aliphatic rings. The second kappa shape index (κ2) is 6.37. The van der Waals surface area contributed by atoms with Crippen LogP contribution < -0.4 is 4.74 Å². The standard InChI is InChI=1S/C20H18FNO2/c1-4-19(23)22-13(2)11-15-12-17(24-3)9-10-18(15)20(22)14-5-7-16(21)8-6-14/h1,5-10,12-13,20H,11H2,2-3H3/t13-,20-/m0/s1. The van der Waals surface area contributed by atoms with Gasteiger partial charge in [-0.2, -0.15) is 0 Å². The Bertz CT molecular complexity index is 807. The Hall–Kier alpha value is -2.80. The lowest BCUT2D eigenvalue weighted by molar-refractivity contribution is -0.129. The maximum atomic E-state index is 13.3. The second-order valence-corrected chi connectivity index (χ2v) is 5.93. The van der Waals surface area contributed by atoms with Crippen LogP contribution in [0, 0.1) is 18.2 Å². The first-order chi connectivity index (χ1) is 11.5. The lowest BCUT2D eigenvalue weighted by Crippen LogP contribution is -2.45. The van der Waals surface area contributed by atoms with Gasteiger partial charge in [-0.25, -0.2) is 4.39 Å². The van der Waals surface area contributed by atoms with Gasteiger partial charge >= 0.3 is 0 Å². The van der Waals surface area contributed by atoms with Crippen molar-refractivity contribution in [2.24, 2.45) is 0 Å². The summed E-state index contributed by atoms with van der Waals surface area (Å²) in [4.78, 5) is 14.0. The van der Waals surface area contributed by atoms with E-state index in [1.54, 1.807) is 24.1 Å². The molecule has 2 aromatic carbocycles. The third-order valence-electron chi connectivity index (χ3n) is 4.46. The molecule has 4 heteroatoms. The predicted molar refractivity (Wildman–Crippen MR) is 90.1 cm³/mol. The molecule has 0 aliphatic carbocycles. The third kappa shape index (κ3) is 2.74. The van der Waals surface area contributed by atoms with Crippen molar-refractivity contribution in [1.29, 1.82) is 0 Å². The lowest BCUT2D eigenvalue weighted by atomic mass is 9.85. The first-order valence-corrected chi connectivity index (χ1v) is 7.76. The van der Waals surface area contributed by atoms with Gasteiger partial charge in [0, 0.05) is 6.04 Å². The Morgan fingerprint density at radius 2 is 2.00 bits per heavy atom. The van der Waals surface area contributed by atoms with Crippen LogP contribution in [0.15, 0.2) is 42.5 Å². The molecule has 2 atom stereocenters. The van der Waals surface area contributed by atoms with Crippen LogP contribution in [-0.2, 0) is 11.2 Å². The highest BCUT2D eigenvalue weighted by molar-refractivity contribution is 5.94. The Kier molecular flexibility index (Phi) is 4.26. The van der Waals surface area contributed by atoms with Gasteiger partial charge in [0.15, 0.2) is 0 Å².